The van der Waals surface area contributed by atoms with Crippen molar-refractivity contribution in [2.75, 3.05) is 33.1 Å². The molecule has 0 spiro atoms. The maximum atomic E-state index is 12.5. The molecule has 200 valence electrons. The molecule has 39 heavy (non-hydrogen) atoms. The van der Waals surface area contributed by atoms with E-state index in [0.29, 0.717) is 0 Å². The lowest BCUT2D eigenvalue weighted by Crippen LogP contribution is -2.20. The molecule has 0 saturated carbocycles. The molecule has 0 fully saturated rings. The van der Waals surface area contributed by atoms with Crippen molar-refractivity contribution in [3.8, 4) is 22.6 Å². The van der Waals surface area contributed by atoms with Crippen molar-refractivity contribution < 1.29 is 14.3 Å². The quantitative estimate of drug-likeness (QED) is 0.216. The number of carbonyl (C=O) groups excluding carboxylic acids is 1. The molecule has 1 N–H and O–H groups in total. The van der Waals surface area contributed by atoms with Crippen molar-refractivity contribution in [1.29, 1.82) is 0 Å². The summed E-state index contributed by atoms with van der Waals surface area (Å²) in [5.41, 5.74) is 7.66. The summed E-state index contributed by atoms with van der Waals surface area (Å²) in [6, 6.07) is 30.7. The van der Waals surface area contributed by atoms with Gasteiger partial charge in [-0.25, -0.2) is 0 Å². The van der Waals surface area contributed by atoms with E-state index >= 15 is 0 Å². The number of aryl methyl sites for hydroxylation is 1. The Morgan fingerprint density at radius 3 is 2.26 bits per heavy atom. The molecule has 0 bridgehead atoms. The molecule has 0 atom stereocenters. The van der Waals surface area contributed by atoms with Crippen molar-refractivity contribution in [2.24, 2.45) is 0 Å². The minimum absolute atomic E-state index is 0.157. The lowest BCUT2D eigenvalue weighted by Gasteiger charge is -2.17. The maximum Gasteiger partial charge on any atom is 0.248 e. The second-order valence-corrected chi connectivity index (χ2v) is 9.69. The van der Waals surface area contributed by atoms with Crippen LogP contribution in [-0.4, -0.2) is 38.6 Å². The van der Waals surface area contributed by atoms with Crippen LogP contribution >= 0.6 is 0 Å². The van der Waals surface area contributed by atoms with Crippen LogP contribution in [0.5, 0.6) is 11.5 Å². The fraction of sp³-hybridized carbons (Fsp3) is 0.206. The van der Waals surface area contributed by atoms with E-state index < -0.39 is 0 Å². The molecule has 0 heterocycles. The first kappa shape index (κ1) is 27.7. The predicted octanol–water partition coefficient (Wildman–Crippen LogP) is 7.01. The number of anilines is 1. The fourth-order valence-electron chi connectivity index (χ4n) is 4.36. The number of methoxy groups -OCH3 is 2. The van der Waals surface area contributed by atoms with Gasteiger partial charge < -0.3 is 19.7 Å². The van der Waals surface area contributed by atoms with Crippen molar-refractivity contribution in [3.05, 3.63) is 119 Å². The van der Waals surface area contributed by atoms with E-state index in [2.05, 4.69) is 78.8 Å². The highest BCUT2D eigenvalue weighted by molar-refractivity contribution is 6.02. The van der Waals surface area contributed by atoms with E-state index in [-0.39, 0.29) is 5.91 Å². The smallest absolute Gasteiger partial charge is 0.248 e. The highest BCUT2D eigenvalue weighted by atomic mass is 16.5. The van der Waals surface area contributed by atoms with Gasteiger partial charge in [0.05, 0.1) is 14.2 Å². The van der Waals surface area contributed by atoms with E-state index in [9.17, 15) is 4.79 Å². The average molecular weight is 521 g/mol. The number of rotatable bonds is 11. The van der Waals surface area contributed by atoms with E-state index in [1.807, 2.05) is 42.5 Å². The molecule has 1 amide bonds. The highest BCUT2D eigenvalue weighted by Crippen LogP contribution is 2.28. The van der Waals surface area contributed by atoms with Crippen LogP contribution in [0.1, 0.15) is 22.3 Å². The molecule has 0 unspecified atom stereocenters. The molecule has 5 heteroatoms. The molecule has 0 aliphatic heterocycles. The Kier molecular flexibility index (Phi) is 9.54. The third kappa shape index (κ3) is 8.06. The summed E-state index contributed by atoms with van der Waals surface area (Å²) in [6.45, 7) is 3.81. The first-order chi connectivity index (χ1) is 18.9. The van der Waals surface area contributed by atoms with Gasteiger partial charge >= 0.3 is 0 Å². The topological polar surface area (TPSA) is 50.8 Å². The maximum absolute atomic E-state index is 12.5. The molecule has 4 aromatic carbocycles. The third-order valence-corrected chi connectivity index (χ3v) is 6.60. The molecule has 5 nitrogen and oxygen atoms in total. The molecule has 4 rings (SSSR count). The molecule has 0 aliphatic carbocycles. The molecular formula is C34H36N2O3. The van der Waals surface area contributed by atoms with E-state index in [0.717, 1.165) is 53.4 Å². The minimum atomic E-state index is -0.157. The number of nitrogens with one attached hydrogen (secondary N) is 1. The Bertz CT molecular complexity index is 1410. The highest BCUT2D eigenvalue weighted by Gasteiger charge is 2.07. The van der Waals surface area contributed by atoms with E-state index in [1.54, 1.807) is 20.3 Å². The Morgan fingerprint density at radius 2 is 1.54 bits per heavy atom. The number of benzene rings is 4. The van der Waals surface area contributed by atoms with Crippen LogP contribution < -0.4 is 14.8 Å². The number of likely N-dealkylation sites (N-methyl/N-ethyl adjacent to an activating group) is 1. The summed E-state index contributed by atoms with van der Waals surface area (Å²) in [6.07, 6.45) is 4.32. The van der Waals surface area contributed by atoms with Gasteiger partial charge in [-0.15, -0.1) is 0 Å². The summed E-state index contributed by atoms with van der Waals surface area (Å²) in [4.78, 5) is 14.8. The van der Waals surface area contributed by atoms with E-state index in [4.69, 9.17) is 9.47 Å². The molecule has 0 aromatic heterocycles. The lowest BCUT2D eigenvalue weighted by molar-refractivity contribution is -0.111. The van der Waals surface area contributed by atoms with Gasteiger partial charge in [0.25, 0.3) is 0 Å². The number of hydrogen-bond acceptors (Lipinski definition) is 4. The van der Waals surface area contributed by atoms with Gasteiger partial charge in [-0.3, -0.25) is 4.79 Å². The average Bonchev–Trinajstić information content (AvgIpc) is 2.96. The Balaban J connectivity index is 1.27. The predicted molar refractivity (Wildman–Crippen MR) is 160 cm³/mol. The van der Waals surface area contributed by atoms with Crippen molar-refractivity contribution in [1.82, 2.24) is 4.90 Å². The normalized spacial score (nSPS) is 11.1. The molecule has 4 aromatic rings. The van der Waals surface area contributed by atoms with Gasteiger partial charge in [0, 0.05) is 24.9 Å². The Morgan fingerprint density at radius 1 is 0.821 bits per heavy atom. The number of hydrogen-bond donors (Lipinski definition) is 1. The van der Waals surface area contributed by atoms with Crippen LogP contribution in [-0.2, 0) is 17.8 Å². The number of nitrogens with zero attached hydrogens (tertiary/aromatic N) is 1. The van der Waals surface area contributed by atoms with Crippen LogP contribution in [0.25, 0.3) is 17.2 Å². The van der Waals surface area contributed by atoms with Gasteiger partial charge in [-0.05, 0) is 84.6 Å². The second kappa shape index (κ2) is 13.4. The van der Waals surface area contributed by atoms with Crippen LogP contribution in [0.2, 0.25) is 0 Å². The van der Waals surface area contributed by atoms with Gasteiger partial charge in [0.2, 0.25) is 5.91 Å². The Hall–Kier alpha value is -4.35. The second-order valence-electron chi connectivity index (χ2n) is 9.69. The van der Waals surface area contributed by atoms with Gasteiger partial charge in [-0.1, -0.05) is 66.2 Å². The fourth-order valence-corrected chi connectivity index (χ4v) is 4.36. The summed E-state index contributed by atoms with van der Waals surface area (Å²) in [5.74, 6) is 1.33. The summed E-state index contributed by atoms with van der Waals surface area (Å²) in [7, 11) is 5.40. The number of carbonyl (C=O) groups is 1. The number of amides is 1. The summed E-state index contributed by atoms with van der Waals surface area (Å²) >= 11 is 0. The molecular weight excluding hydrogens is 484 g/mol. The van der Waals surface area contributed by atoms with Crippen LogP contribution in [0.3, 0.4) is 0 Å². The zero-order valence-electron chi connectivity index (χ0n) is 23.1. The van der Waals surface area contributed by atoms with Crippen LogP contribution in [0.15, 0.2) is 97.1 Å². The van der Waals surface area contributed by atoms with Crippen LogP contribution in [0.4, 0.5) is 5.69 Å². The van der Waals surface area contributed by atoms with E-state index in [1.165, 1.54) is 16.7 Å². The lowest BCUT2D eigenvalue weighted by atomic mass is 10.0. The standard InChI is InChI=1S/C34H36N2O3/c1-25-8-14-29(15-9-25)30-7-5-6-26(22-30)13-19-34(37)35-31-16-10-28(11-17-31)24-36(2)21-20-27-12-18-32(38-3)33(23-27)39-4/h5-19,22-23H,20-21,24H2,1-4H3,(H,35,37)/b19-13+. The zero-order valence-corrected chi connectivity index (χ0v) is 23.1. The monoisotopic (exact) mass is 520 g/mol. The van der Waals surface area contributed by atoms with Crippen molar-refractivity contribution in [3.63, 3.8) is 0 Å². The van der Waals surface area contributed by atoms with Gasteiger partial charge in [-0.2, -0.15) is 0 Å². The van der Waals surface area contributed by atoms with Crippen molar-refractivity contribution in [2.45, 2.75) is 19.9 Å². The largest absolute Gasteiger partial charge is 0.493 e. The minimum Gasteiger partial charge on any atom is -0.493 e. The molecule has 0 saturated heterocycles. The zero-order chi connectivity index (χ0) is 27.6. The Labute approximate surface area is 231 Å². The SMILES string of the molecule is COc1ccc(CCN(C)Cc2ccc(NC(=O)/C=C/c3cccc(-c4ccc(C)cc4)c3)cc2)cc1OC. The van der Waals surface area contributed by atoms with Gasteiger partial charge in [0.15, 0.2) is 11.5 Å². The van der Waals surface area contributed by atoms with Crippen molar-refractivity contribution >= 4 is 17.7 Å². The first-order valence-electron chi connectivity index (χ1n) is 13.1. The third-order valence-electron chi connectivity index (χ3n) is 6.60. The van der Waals surface area contributed by atoms with Gasteiger partial charge in [0.1, 0.15) is 0 Å². The van der Waals surface area contributed by atoms with Crippen LogP contribution in [0, 0.1) is 6.92 Å². The molecule has 0 aliphatic rings. The summed E-state index contributed by atoms with van der Waals surface area (Å²) < 4.78 is 10.7. The summed E-state index contributed by atoms with van der Waals surface area (Å²) in [5, 5.41) is 2.95. The molecule has 0 radical (unpaired) electrons. The first-order valence-corrected chi connectivity index (χ1v) is 13.1. The number of ether oxygens (including phenoxy) is 2.